The van der Waals surface area contributed by atoms with Crippen LogP contribution in [0.25, 0.3) is 0 Å². The lowest BCUT2D eigenvalue weighted by Crippen LogP contribution is -2.59. The number of alkyl halides is 1. The lowest BCUT2D eigenvalue weighted by atomic mass is 9.95. The van der Waals surface area contributed by atoms with Gasteiger partial charge in [0.1, 0.15) is 18.4 Å². The molecule has 23 heavy (non-hydrogen) atoms. The van der Waals surface area contributed by atoms with E-state index in [2.05, 4.69) is 15.9 Å². The van der Waals surface area contributed by atoms with Gasteiger partial charge < -0.3 is 19.3 Å². The van der Waals surface area contributed by atoms with Crippen LogP contribution in [0.3, 0.4) is 0 Å². The van der Waals surface area contributed by atoms with Crippen LogP contribution < -0.4 is 0 Å². The first-order valence-corrected chi connectivity index (χ1v) is 8.11. The fourth-order valence-corrected chi connectivity index (χ4v) is 4.28. The summed E-state index contributed by atoms with van der Waals surface area (Å²) in [7, 11) is 0. The van der Waals surface area contributed by atoms with Gasteiger partial charge in [-0.25, -0.2) is 0 Å². The molecule has 9 heteroatoms. The molecule has 1 N–H and O–H groups in total. The molecule has 5 atom stereocenters. The molecule has 2 rings (SSSR count). The van der Waals surface area contributed by atoms with Crippen molar-refractivity contribution in [3.8, 4) is 0 Å². The number of aliphatic hydroxyl groups excluding tert-OH is 1. The maximum absolute atomic E-state index is 11.5. The number of fused-ring (bicyclic) bond motifs is 1. The smallest absolute Gasteiger partial charge is 0.304 e. The first-order chi connectivity index (χ1) is 10.6. The fourth-order valence-electron chi connectivity index (χ4n) is 3.26. The molecule has 0 amide bonds. The van der Waals surface area contributed by atoms with Crippen LogP contribution in [0.2, 0.25) is 0 Å². The third kappa shape index (κ3) is 3.67. The van der Waals surface area contributed by atoms with Crippen molar-refractivity contribution in [1.29, 1.82) is 0 Å². The summed E-state index contributed by atoms with van der Waals surface area (Å²) in [6, 6.07) is -0.664. The van der Waals surface area contributed by atoms with Crippen molar-refractivity contribution in [3.05, 3.63) is 0 Å². The molecular weight excluding hydrogens is 374 g/mol. The van der Waals surface area contributed by atoms with Gasteiger partial charge >= 0.3 is 17.9 Å². The molecule has 2 unspecified atom stereocenters. The largest absolute Gasteiger partial charge is 0.461 e. The van der Waals surface area contributed by atoms with Gasteiger partial charge in [0.15, 0.2) is 6.10 Å². The molecule has 2 fully saturated rings. The molecule has 0 aliphatic carbocycles. The van der Waals surface area contributed by atoms with E-state index < -0.39 is 46.9 Å². The van der Waals surface area contributed by atoms with E-state index in [1.165, 1.54) is 20.8 Å². The Kier molecular flexibility index (Phi) is 5.32. The summed E-state index contributed by atoms with van der Waals surface area (Å²) >= 11 is 3.38. The SMILES string of the molecule is CC(=O)O[C@@H]1CCC(O)N2C[C@@H](OC(C)=O)[C@](Br)(OC(C)=O)C12. The van der Waals surface area contributed by atoms with Crippen molar-refractivity contribution in [2.24, 2.45) is 0 Å². The van der Waals surface area contributed by atoms with Crippen molar-refractivity contribution in [2.75, 3.05) is 6.54 Å². The monoisotopic (exact) mass is 393 g/mol. The lowest BCUT2D eigenvalue weighted by Gasteiger charge is -2.43. The maximum Gasteiger partial charge on any atom is 0.304 e. The topological polar surface area (TPSA) is 102 Å². The number of hydrogen-bond donors (Lipinski definition) is 1. The van der Waals surface area contributed by atoms with E-state index in [-0.39, 0.29) is 6.54 Å². The van der Waals surface area contributed by atoms with Crippen LogP contribution in [0.4, 0.5) is 0 Å². The van der Waals surface area contributed by atoms with E-state index in [4.69, 9.17) is 14.2 Å². The van der Waals surface area contributed by atoms with Gasteiger partial charge in [0, 0.05) is 27.3 Å². The second-order valence-corrected chi connectivity index (χ2v) is 6.98. The molecule has 2 heterocycles. The molecule has 2 aliphatic heterocycles. The number of nitrogens with zero attached hydrogens (tertiary/aromatic N) is 1. The summed E-state index contributed by atoms with van der Waals surface area (Å²) < 4.78 is 14.6. The van der Waals surface area contributed by atoms with Gasteiger partial charge in [-0.2, -0.15) is 0 Å². The van der Waals surface area contributed by atoms with Crippen molar-refractivity contribution >= 4 is 33.8 Å². The number of rotatable bonds is 3. The van der Waals surface area contributed by atoms with Crippen LogP contribution in [0.1, 0.15) is 33.6 Å². The number of ether oxygens (including phenoxy) is 3. The molecule has 0 radical (unpaired) electrons. The highest BCUT2D eigenvalue weighted by Crippen LogP contribution is 2.46. The van der Waals surface area contributed by atoms with E-state index in [0.29, 0.717) is 12.8 Å². The van der Waals surface area contributed by atoms with Gasteiger partial charge in [0.2, 0.25) is 4.51 Å². The highest BCUT2D eigenvalue weighted by atomic mass is 79.9. The van der Waals surface area contributed by atoms with Crippen LogP contribution in [-0.2, 0) is 28.6 Å². The molecule has 130 valence electrons. The van der Waals surface area contributed by atoms with E-state index in [1.54, 1.807) is 4.90 Å². The summed E-state index contributed by atoms with van der Waals surface area (Å²) in [6.45, 7) is 3.92. The fraction of sp³-hybridized carbons (Fsp3) is 0.786. The Morgan fingerprint density at radius 2 is 1.70 bits per heavy atom. The van der Waals surface area contributed by atoms with Crippen LogP contribution in [0.5, 0.6) is 0 Å². The molecular formula is C14H20BrNO7. The number of carbonyl (C=O) groups is 3. The van der Waals surface area contributed by atoms with Crippen molar-refractivity contribution in [2.45, 2.75) is 62.6 Å². The zero-order chi connectivity index (χ0) is 17.4. The second kappa shape index (κ2) is 6.74. The van der Waals surface area contributed by atoms with Crippen LogP contribution >= 0.6 is 15.9 Å². The summed E-state index contributed by atoms with van der Waals surface area (Å²) in [5.41, 5.74) is 0. The molecule has 0 saturated carbocycles. The van der Waals surface area contributed by atoms with Gasteiger partial charge in [-0.05, 0) is 28.8 Å². The van der Waals surface area contributed by atoms with Gasteiger partial charge in [0.05, 0.1) is 0 Å². The minimum Gasteiger partial charge on any atom is -0.461 e. The summed E-state index contributed by atoms with van der Waals surface area (Å²) in [5, 5.41) is 10.2. The van der Waals surface area contributed by atoms with Crippen LogP contribution in [-0.4, -0.2) is 63.4 Å². The molecule has 2 saturated heterocycles. The van der Waals surface area contributed by atoms with Gasteiger partial charge in [-0.15, -0.1) is 0 Å². The average Bonchev–Trinajstić information content (AvgIpc) is 2.65. The van der Waals surface area contributed by atoms with Crippen LogP contribution in [0, 0.1) is 0 Å². The lowest BCUT2D eigenvalue weighted by molar-refractivity contribution is -0.178. The quantitative estimate of drug-likeness (QED) is 0.414. The minimum atomic E-state index is -1.40. The molecule has 0 bridgehead atoms. The molecule has 0 aromatic carbocycles. The number of halogens is 1. The van der Waals surface area contributed by atoms with E-state index in [1.807, 2.05) is 0 Å². The number of esters is 3. The molecule has 0 aromatic rings. The Morgan fingerprint density at radius 3 is 2.22 bits per heavy atom. The number of piperidine rings is 1. The average molecular weight is 394 g/mol. The minimum absolute atomic E-state index is 0.154. The molecule has 0 aromatic heterocycles. The van der Waals surface area contributed by atoms with E-state index in [0.717, 1.165) is 0 Å². The standard InChI is InChI=1S/C14H20BrNO7/c1-7(17)21-10-4-5-12(20)16-6-11(22-8(2)18)14(15,13(10)16)23-9(3)19/h10-13,20H,4-6H2,1-3H3/t10-,11-,12?,13?,14+/m1/s1. The zero-order valence-electron chi connectivity index (χ0n) is 13.2. The molecule has 0 spiro atoms. The van der Waals surface area contributed by atoms with Gasteiger partial charge in [-0.3, -0.25) is 19.3 Å². The second-order valence-electron chi connectivity index (χ2n) is 5.74. The predicted molar refractivity (Wildman–Crippen MR) is 80.3 cm³/mol. The molecule has 2 aliphatic rings. The number of aliphatic hydroxyl groups is 1. The highest BCUT2D eigenvalue weighted by Gasteiger charge is 2.63. The van der Waals surface area contributed by atoms with E-state index in [9.17, 15) is 19.5 Å². The first-order valence-electron chi connectivity index (χ1n) is 7.32. The Hall–Kier alpha value is -1.19. The highest BCUT2D eigenvalue weighted by molar-refractivity contribution is 9.10. The van der Waals surface area contributed by atoms with E-state index >= 15 is 0 Å². The van der Waals surface area contributed by atoms with Crippen molar-refractivity contribution in [3.63, 3.8) is 0 Å². The summed E-state index contributed by atoms with van der Waals surface area (Å²) in [6.07, 6.45) is -1.44. The van der Waals surface area contributed by atoms with Gasteiger partial charge in [-0.1, -0.05) is 0 Å². The Balaban J connectivity index is 2.38. The number of carbonyl (C=O) groups excluding carboxylic acids is 3. The van der Waals surface area contributed by atoms with Crippen molar-refractivity contribution in [1.82, 2.24) is 4.90 Å². The number of hydrogen-bond acceptors (Lipinski definition) is 8. The Morgan fingerprint density at radius 1 is 1.09 bits per heavy atom. The summed E-state index contributed by atoms with van der Waals surface area (Å²) in [5.74, 6) is -1.59. The third-order valence-corrected chi connectivity index (χ3v) is 5.09. The Bertz CT molecular complexity index is 513. The van der Waals surface area contributed by atoms with Crippen LogP contribution in [0.15, 0.2) is 0 Å². The summed E-state index contributed by atoms with van der Waals surface area (Å²) in [4.78, 5) is 35.9. The zero-order valence-corrected chi connectivity index (χ0v) is 14.7. The third-order valence-electron chi connectivity index (χ3n) is 3.95. The predicted octanol–water partition coefficient (Wildman–Crippen LogP) is 0.300. The van der Waals surface area contributed by atoms with Crippen molar-refractivity contribution < 1.29 is 33.7 Å². The maximum atomic E-state index is 11.5. The van der Waals surface area contributed by atoms with Gasteiger partial charge in [0.25, 0.3) is 0 Å². The Labute approximate surface area is 142 Å². The normalized spacial score (nSPS) is 36.9. The first kappa shape index (κ1) is 18.2. The molecule has 8 nitrogen and oxygen atoms in total.